The molecule has 2 aromatic heterocycles. The topological polar surface area (TPSA) is 42.9 Å². The van der Waals surface area contributed by atoms with Crippen molar-refractivity contribution in [2.24, 2.45) is 0 Å². The van der Waals surface area contributed by atoms with E-state index in [4.69, 9.17) is 4.98 Å². The van der Waals surface area contributed by atoms with Crippen molar-refractivity contribution in [1.29, 1.82) is 0 Å². The summed E-state index contributed by atoms with van der Waals surface area (Å²) in [6.45, 7) is 2.05. The van der Waals surface area contributed by atoms with Gasteiger partial charge in [0.25, 0.3) is 0 Å². The second kappa shape index (κ2) is 6.29. The van der Waals surface area contributed by atoms with Gasteiger partial charge >= 0.3 is 0 Å². The van der Waals surface area contributed by atoms with E-state index in [9.17, 15) is 4.79 Å². The monoisotopic (exact) mass is 324 g/mol. The van der Waals surface area contributed by atoms with Crippen LogP contribution < -0.4 is 0 Å². The molecule has 3 nitrogen and oxygen atoms in total. The van der Waals surface area contributed by atoms with Crippen molar-refractivity contribution in [3.05, 3.63) is 95.8 Å². The third-order valence-electron chi connectivity index (χ3n) is 4.21. The normalized spacial score (nSPS) is 10.8. The van der Waals surface area contributed by atoms with Gasteiger partial charge in [-0.25, -0.2) is 4.98 Å². The van der Waals surface area contributed by atoms with Gasteiger partial charge in [0.2, 0.25) is 5.78 Å². The van der Waals surface area contributed by atoms with Gasteiger partial charge in [-0.2, -0.15) is 0 Å². The fraction of sp³-hybridized carbons (Fsp3) is 0.0455. The molecule has 3 heteroatoms. The Bertz CT molecular complexity index is 1050. The molecule has 0 aliphatic carbocycles. The maximum atomic E-state index is 13.0. The molecule has 0 amide bonds. The predicted octanol–water partition coefficient (Wildman–Crippen LogP) is 4.84. The van der Waals surface area contributed by atoms with Crippen LogP contribution in [0.1, 0.15) is 21.6 Å². The number of nitrogens with zero attached hydrogens (tertiary/aromatic N) is 2. The Morgan fingerprint density at radius 1 is 0.880 bits per heavy atom. The minimum absolute atomic E-state index is 0.0902. The summed E-state index contributed by atoms with van der Waals surface area (Å²) < 4.78 is 0. The number of hydrogen-bond donors (Lipinski definition) is 0. The van der Waals surface area contributed by atoms with Crippen LogP contribution in [-0.2, 0) is 0 Å². The third kappa shape index (κ3) is 2.92. The summed E-state index contributed by atoms with van der Waals surface area (Å²) in [4.78, 5) is 22.0. The van der Waals surface area contributed by atoms with Gasteiger partial charge in [0.1, 0.15) is 5.69 Å². The second-order valence-corrected chi connectivity index (χ2v) is 5.98. The first-order chi connectivity index (χ1) is 12.2. The van der Waals surface area contributed by atoms with Crippen molar-refractivity contribution in [2.45, 2.75) is 6.92 Å². The van der Waals surface area contributed by atoms with Crippen LogP contribution in [0, 0.1) is 6.92 Å². The Kier molecular flexibility index (Phi) is 3.82. The number of aryl methyl sites for hydroxylation is 1. The fourth-order valence-electron chi connectivity index (χ4n) is 2.87. The Labute approximate surface area is 146 Å². The highest BCUT2D eigenvalue weighted by Gasteiger charge is 2.16. The SMILES string of the molecule is Cc1ccc(-c2cc(C(=O)c3ccccn3)c3ccccc3n2)cc1. The van der Waals surface area contributed by atoms with E-state index in [1.165, 1.54) is 5.56 Å². The van der Waals surface area contributed by atoms with Crippen molar-refractivity contribution in [3.8, 4) is 11.3 Å². The summed E-state index contributed by atoms with van der Waals surface area (Å²) >= 11 is 0. The van der Waals surface area contributed by atoms with Gasteiger partial charge in [-0.3, -0.25) is 9.78 Å². The van der Waals surface area contributed by atoms with Gasteiger partial charge in [0, 0.05) is 22.7 Å². The Hall–Kier alpha value is -3.33. The average molecular weight is 324 g/mol. The standard InChI is InChI=1S/C22H16N2O/c1-15-9-11-16(12-10-15)21-14-18(17-6-2-3-7-19(17)24-21)22(25)20-8-4-5-13-23-20/h2-14H,1H3. The highest BCUT2D eigenvalue weighted by molar-refractivity contribution is 6.15. The first kappa shape index (κ1) is 15.2. The first-order valence-electron chi connectivity index (χ1n) is 8.15. The molecular weight excluding hydrogens is 308 g/mol. The molecule has 120 valence electrons. The quantitative estimate of drug-likeness (QED) is 0.507. The van der Waals surface area contributed by atoms with E-state index in [2.05, 4.69) is 4.98 Å². The zero-order chi connectivity index (χ0) is 17.2. The lowest BCUT2D eigenvalue weighted by Crippen LogP contribution is -2.05. The van der Waals surface area contributed by atoms with Gasteiger partial charge in [0.15, 0.2) is 0 Å². The largest absolute Gasteiger partial charge is 0.287 e. The number of hydrogen-bond acceptors (Lipinski definition) is 3. The highest BCUT2D eigenvalue weighted by atomic mass is 16.1. The number of pyridine rings is 2. The Balaban J connectivity index is 1.93. The third-order valence-corrected chi connectivity index (χ3v) is 4.21. The minimum atomic E-state index is -0.0902. The van der Waals surface area contributed by atoms with E-state index in [1.807, 2.05) is 67.6 Å². The lowest BCUT2D eigenvalue weighted by Gasteiger charge is -2.09. The highest BCUT2D eigenvalue weighted by Crippen LogP contribution is 2.26. The number of carbonyl (C=O) groups excluding carboxylic acids is 1. The van der Waals surface area contributed by atoms with E-state index in [0.29, 0.717) is 11.3 Å². The van der Waals surface area contributed by atoms with E-state index in [-0.39, 0.29) is 5.78 Å². The fourth-order valence-corrected chi connectivity index (χ4v) is 2.87. The van der Waals surface area contributed by atoms with Gasteiger partial charge < -0.3 is 0 Å². The Morgan fingerprint density at radius 3 is 2.40 bits per heavy atom. The lowest BCUT2D eigenvalue weighted by atomic mass is 9.99. The molecule has 0 spiro atoms. The molecule has 0 radical (unpaired) electrons. The molecule has 0 unspecified atom stereocenters. The summed E-state index contributed by atoms with van der Waals surface area (Å²) in [5, 5.41) is 0.842. The van der Waals surface area contributed by atoms with Crippen molar-refractivity contribution < 1.29 is 4.79 Å². The molecule has 0 aliphatic heterocycles. The van der Waals surface area contributed by atoms with Gasteiger partial charge in [0.05, 0.1) is 11.2 Å². The number of fused-ring (bicyclic) bond motifs is 1. The smallest absolute Gasteiger partial charge is 0.212 e. The second-order valence-electron chi connectivity index (χ2n) is 5.98. The molecule has 4 aromatic rings. The average Bonchev–Trinajstić information content (AvgIpc) is 2.68. The van der Waals surface area contributed by atoms with E-state index in [0.717, 1.165) is 22.2 Å². The zero-order valence-corrected chi connectivity index (χ0v) is 13.8. The molecule has 0 bridgehead atoms. The summed E-state index contributed by atoms with van der Waals surface area (Å²) in [5.41, 5.74) is 4.84. The van der Waals surface area contributed by atoms with Crippen molar-refractivity contribution in [1.82, 2.24) is 9.97 Å². The van der Waals surface area contributed by atoms with Crippen molar-refractivity contribution in [3.63, 3.8) is 0 Å². The van der Waals surface area contributed by atoms with Crippen LogP contribution in [0.5, 0.6) is 0 Å². The Morgan fingerprint density at radius 2 is 1.64 bits per heavy atom. The van der Waals surface area contributed by atoms with Gasteiger partial charge in [-0.15, -0.1) is 0 Å². The lowest BCUT2D eigenvalue weighted by molar-refractivity contribution is 0.103. The van der Waals surface area contributed by atoms with Gasteiger partial charge in [-0.1, -0.05) is 54.1 Å². The van der Waals surface area contributed by atoms with Crippen LogP contribution in [-0.4, -0.2) is 15.8 Å². The number of ketones is 1. The molecule has 0 atom stereocenters. The molecule has 0 saturated heterocycles. The maximum Gasteiger partial charge on any atom is 0.212 e. The van der Waals surface area contributed by atoms with Crippen molar-refractivity contribution in [2.75, 3.05) is 0 Å². The van der Waals surface area contributed by atoms with Crippen molar-refractivity contribution >= 4 is 16.7 Å². The number of aromatic nitrogens is 2. The zero-order valence-electron chi connectivity index (χ0n) is 13.8. The molecule has 0 fully saturated rings. The van der Waals surface area contributed by atoms with E-state index < -0.39 is 0 Å². The van der Waals surface area contributed by atoms with Crippen LogP contribution >= 0.6 is 0 Å². The molecule has 0 N–H and O–H groups in total. The van der Waals surface area contributed by atoms with Crippen LogP contribution in [0.15, 0.2) is 79.0 Å². The van der Waals surface area contributed by atoms with Gasteiger partial charge in [-0.05, 0) is 31.2 Å². The number of benzene rings is 2. The van der Waals surface area contributed by atoms with E-state index in [1.54, 1.807) is 18.3 Å². The number of para-hydroxylation sites is 1. The first-order valence-corrected chi connectivity index (χ1v) is 8.15. The number of rotatable bonds is 3. The minimum Gasteiger partial charge on any atom is -0.287 e. The summed E-state index contributed by atoms with van der Waals surface area (Å²) in [7, 11) is 0. The predicted molar refractivity (Wildman–Crippen MR) is 99.6 cm³/mol. The molecule has 0 saturated carbocycles. The summed E-state index contributed by atoms with van der Waals surface area (Å²) in [6.07, 6.45) is 1.64. The summed E-state index contributed by atoms with van der Waals surface area (Å²) in [6, 6.07) is 23.1. The molecule has 2 aromatic carbocycles. The van der Waals surface area contributed by atoms with Crippen LogP contribution in [0.25, 0.3) is 22.2 Å². The molecule has 25 heavy (non-hydrogen) atoms. The molecule has 2 heterocycles. The van der Waals surface area contributed by atoms with Crippen LogP contribution in [0.4, 0.5) is 0 Å². The maximum absolute atomic E-state index is 13.0. The van der Waals surface area contributed by atoms with Crippen LogP contribution in [0.2, 0.25) is 0 Å². The molecule has 4 rings (SSSR count). The number of carbonyl (C=O) groups is 1. The van der Waals surface area contributed by atoms with E-state index >= 15 is 0 Å². The molecular formula is C22H16N2O. The van der Waals surface area contributed by atoms with Crippen LogP contribution in [0.3, 0.4) is 0 Å². The molecule has 0 aliphatic rings. The summed E-state index contributed by atoms with van der Waals surface area (Å²) in [5.74, 6) is -0.0902.